The van der Waals surface area contributed by atoms with Gasteiger partial charge in [0.15, 0.2) is 0 Å². The van der Waals surface area contributed by atoms with Gasteiger partial charge in [0.2, 0.25) is 0 Å². The van der Waals surface area contributed by atoms with E-state index in [0.29, 0.717) is 5.41 Å². The van der Waals surface area contributed by atoms with E-state index in [0.717, 1.165) is 11.8 Å². The third-order valence-corrected chi connectivity index (χ3v) is 5.64. The van der Waals surface area contributed by atoms with Gasteiger partial charge in [0, 0.05) is 0 Å². The van der Waals surface area contributed by atoms with Crippen LogP contribution in [0, 0.1) is 17.3 Å². The summed E-state index contributed by atoms with van der Waals surface area (Å²) in [6.45, 7) is 13.6. The molecule has 2 atom stereocenters. The molecule has 0 nitrogen and oxygen atoms in total. The average Bonchev–Trinajstić information content (AvgIpc) is 2.48. The van der Waals surface area contributed by atoms with Gasteiger partial charge in [-0.25, -0.2) is 0 Å². The molecule has 0 aromatic carbocycles. The number of rotatable bonds is 4. The molecule has 0 fully saturated rings. The lowest BCUT2D eigenvalue weighted by Crippen LogP contribution is -2.15. The summed E-state index contributed by atoms with van der Waals surface area (Å²) < 4.78 is 0. The summed E-state index contributed by atoms with van der Waals surface area (Å²) in [6.07, 6.45) is 18.3. The van der Waals surface area contributed by atoms with Gasteiger partial charge in [0.25, 0.3) is 0 Å². The Morgan fingerprint density at radius 1 is 1.19 bits per heavy atom. The first-order chi connectivity index (χ1) is 10.0. The summed E-state index contributed by atoms with van der Waals surface area (Å²) in [6, 6.07) is 0. The van der Waals surface area contributed by atoms with E-state index in [1.807, 2.05) is 0 Å². The largest absolute Gasteiger partial charge is 0.103 e. The molecule has 1 aliphatic rings. The molecule has 0 heteroatoms. The van der Waals surface area contributed by atoms with Crippen molar-refractivity contribution in [1.29, 1.82) is 0 Å². The molecule has 0 amide bonds. The normalized spacial score (nSPS) is 29.4. The molecule has 0 aliphatic heterocycles. The third kappa shape index (κ3) is 6.41. The summed E-state index contributed by atoms with van der Waals surface area (Å²) in [5.41, 5.74) is 2.12. The maximum atomic E-state index is 4.10. The number of hydrogen-bond donors (Lipinski definition) is 0. The molecule has 1 rings (SSSR count). The van der Waals surface area contributed by atoms with E-state index in [2.05, 4.69) is 46.4 Å². The quantitative estimate of drug-likeness (QED) is 0.476. The molecule has 1 aliphatic carbocycles. The second-order valence-electron chi connectivity index (χ2n) is 7.54. The SMILES string of the molecule is C=CC1(C)CCCCCCC(C(CC)CC)=CC(C)CC1. The molecule has 21 heavy (non-hydrogen) atoms. The first kappa shape index (κ1) is 18.5. The molecule has 0 N–H and O–H groups in total. The van der Waals surface area contributed by atoms with Gasteiger partial charge in [-0.3, -0.25) is 0 Å². The minimum atomic E-state index is 0.358. The minimum Gasteiger partial charge on any atom is -0.103 e. The Hall–Kier alpha value is -0.520. The highest BCUT2D eigenvalue weighted by Crippen LogP contribution is 2.35. The number of hydrogen-bond acceptors (Lipinski definition) is 0. The lowest BCUT2D eigenvalue weighted by atomic mass is 9.77. The molecule has 2 unspecified atom stereocenters. The smallest absolute Gasteiger partial charge is 0.0149 e. The van der Waals surface area contributed by atoms with Crippen LogP contribution in [-0.4, -0.2) is 0 Å². The van der Waals surface area contributed by atoms with Gasteiger partial charge >= 0.3 is 0 Å². The van der Waals surface area contributed by atoms with Crippen molar-refractivity contribution in [3.05, 3.63) is 24.3 Å². The van der Waals surface area contributed by atoms with Crippen LogP contribution >= 0.6 is 0 Å². The predicted octanol–water partition coefficient (Wildman–Crippen LogP) is 7.31. The van der Waals surface area contributed by atoms with Crippen molar-refractivity contribution in [2.45, 2.75) is 91.9 Å². The van der Waals surface area contributed by atoms with Gasteiger partial charge in [0.1, 0.15) is 0 Å². The average molecular weight is 291 g/mol. The van der Waals surface area contributed by atoms with E-state index >= 15 is 0 Å². The van der Waals surface area contributed by atoms with Crippen molar-refractivity contribution in [2.75, 3.05) is 0 Å². The van der Waals surface area contributed by atoms with E-state index in [1.165, 1.54) is 64.2 Å². The van der Waals surface area contributed by atoms with E-state index in [-0.39, 0.29) is 0 Å². The zero-order chi connectivity index (χ0) is 15.7. The van der Waals surface area contributed by atoms with Crippen LogP contribution in [-0.2, 0) is 0 Å². The fraction of sp³-hybridized carbons (Fsp3) is 0.810. The molecule has 0 heterocycles. The zero-order valence-corrected chi connectivity index (χ0v) is 15.1. The van der Waals surface area contributed by atoms with Crippen LogP contribution in [0.4, 0.5) is 0 Å². The summed E-state index contributed by atoms with van der Waals surface area (Å²) in [5, 5.41) is 0. The molecule has 0 spiro atoms. The summed E-state index contributed by atoms with van der Waals surface area (Å²) >= 11 is 0. The van der Waals surface area contributed by atoms with Crippen molar-refractivity contribution in [2.24, 2.45) is 17.3 Å². The van der Waals surface area contributed by atoms with Crippen LogP contribution in [0.25, 0.3) is 0 Å². The van der Waals surface area contributed by atoms with E-state index in [9.17, 15) is 0 Å². The van der Waals surface area contributed by atoms with Crippen molar-refractivity contribution in [3.63, 3.8) is 0 Å². The Labute approximate surface area is 134 Å². The van der Waals surface area contributed by atoms with Crippen molar-refractivity contribution < 1.29 is 0 Å². The van der Waals surface area contributed by atoms with Crippen LogP contribution < -0.4 is 0 Å². The molecular formula is C21H38. The molecule has 0 saturated carbocycles. The van der Waals surface area contributed by atoms with Gasteiger partial charge in [-0.1, -0.05) is 64.7 Å². The van der Waals surface area contributed by atoms with Crippen LogP contribution in [0.1, 0.15) is 91.9 Å². The second kappa shape index (κ2) is 9.49. The summed E-state index contributed by atoms with van der Waals surface area (Å²) in [4.78, 5) is 0. The Bertz CT molecular complexity index is 321. The Balaban J connectivity index is 2.81. The highest BCUT2D eigenvalue weighted by molar-refractivity contribution is 5.09. The molecule has 0 bridgehead atoms. The van der Waals surface area contributed by atoms with E-state index in [4.69, 9.17) is 0 Å². The first-order valence-electron chi connectivity index (χ1n) is 9.38. The van der Waals surface area contributed by atoms with Crippen LogP contribution in [0.5, 0.6) is 0 Å². The van der Waals surface area contributed by atoms with Gasteiger partial charge < -0.3 is 0 Å². The maximum absolute atomic E-state index is 4.10. The Morgan fingerprint density at radius 2 is 1.86 bits per heavy atom. The van der Waals surface area contributed by atoms with Crippen molar-refractivity contribution >= 4 is 0 Å². The predicted molar refractivity (Wildman–Crippen MR) is 96.6 cm³/mol. The molecule has 0 saturated heterocycles. The van der Waals surface area contributed by atoms with Crippen molar-refractivity contribution in [3.8, 4) is 0 Å². The second-order valence-corrected chi connectivity index (χ2v) is 7.54. The highest BCUT2D eigenvalue weighted by Gasteiger charge is 2.21. The maximum Gasteiger partial charge on any atom is -0.0149 e. The van der Waals surface area contributed by atoms with Crippen LogP contribution in [0.3, 0.4) is 0 Å². The van der Waals surface area contributed by atoms with E-state index in [1.54, 1.807) is 5.57 Å². The molecule has 0 aromatic rings. The van der Waals surface area contributed by atoms with Gasteiger partial charge in [0.05, 0.1) is 0 Å². The summed E-state index contributed by atoms with van der Waals surface area (Å²) in [7, 11) is 0. The first-order valence-corrected chi connectivity index (χ1v) is 9.38. The Kier molecular flexibility index (Phi) is 8.37. The number of allylic oxidation sites excluding steroid dienone is 3. The monoisotopic (exact) mass is 290 g/mol. The van der Waals surface area contributed by atoms with Crippen LogP contribution in [0.15, 0.2) is 24.3 Å². The Morgan fingerprint density at radius 3 is 2.48 bits per heavy atom. The lowest BCUT2D eigenvalue weighted by Gasteiger charge is -2.28. The topological polar surface area (TPSA) is 0 Å². The standard InChI is InChI=1S/C21H38/c1-6-19(7-2)20-13-11-9-10-12-15-21(5,8-3)16-14-18(4)17-20/h8,17-19H,3,6-7,9-16H2,1-2,4-5H3. The van der Waals surface area contributed by atoms with Crippen LogP contribution in [0.2, 0.25) is 0 Å². The van der Waals surface area contributed by atoms with Gasteiger partial charge in [-0.2, -0.15) is 0 Å². The summed E-state index contributed by atoms with van der Waals surface area (Å²) in [5.74, 6) is 1.54. The van der Waals surface area contributed by atoms with Crippen molar-refractivity contribution in [1.82, 2.24) is 0 Å². The molecule has 0 aromatic heterocycles. The highest BCUT2D eigenvalue weighted by atomic mass is 14.3. The molecule has 0 radical (unpaired) electrons. The fourth-order valence-electron chi connectivity index (χ4n) is 3.78. The third-order valence-electron chi connectivity index (χ3n) is 5.64. The van der Waals surface area contributed by atoms with Gasteiger partial charge in [-0.05, 0) is 62.2 Å². The van der Waals surface area contributed by atoms with Gasteiger partial charge in [-0.15, -0.1) is 6.58 Å². The zero-order valence-electron chi connectivity index (χ0n) is 15.1. The minimum absolute atomic E-state index is 0.358. The molecular weight excluding hydrogens is 252 g/mol. The lowest BCUT2D eigenvalue weighted by molar-refractivity contribution is 0.318. The fourth-order valence-corrected chi connectivity index (χ4v) is 3.78. The molecule has 122 valence electrons. The van der Waals surface area contributed by atoms with E-state index < -0.39 is 0 Å².